The molecule has 0 heterocycles. The summed E-state index contributed by atoms with van der Waals surface area (Å²) in [5.74, 6) is 0.710. The molecular weight excluding hydrogens is 417 g/mol. The zero-order chi connectivity index (χ0) is 23.0. The van der Waals surface area contributed by atoms with Gasteiger partial charge in [0, 0.05) is 6.61 Å². The van der Waals surface area contributed by atoms with Crippen LogP contribution in [0.1, 0.15) is 48.8 Å². The lowest BCUT2D eigenvalue weighted by molar-refractivity contribution is -0.0687. The molecular formula is C26H29F3O3. The quantitative estimate of drug-likeness (QED) is 0.341. The SMILES string of the molecule is COc1cc2c(cc1OC)/C(=C/CCCCCCOCc1ccccc1)C=C2C(F)(F)F. The minimum absolute atomic E-state index is 0.136. The molecule has 32 heavy (non-hydrogen) atoms. The van der Waals surface area contributed by atoms with E-state index in [-0.39, 0.29) is 11.3 Å². The highest BCUT2D eigenvalue weighted by atomic mass is 19.4. The van der Waals surface area contributed by atoms with Crippen molar-refractivity contribution in [2.24, 2.45) is 0 Å². The van der Waals surface area contributed by atoms with Crippen LogP contribution in [0.5, 0.6) is 11.5 Å². The highest BCUT2D eigenvalue weighted by molar-refractivity contribution is 5.98. The van der Waals surface area contributed by atoms with Gasteiger partial charge in [0.25, 0.3) is 0 Å². The maximum atomic E-state index is 13.6. The van der Waals surface area contributed by atoms with E-state index in [0.29, 0.717) is 30.1 Å². The fourth-order valence-corrected chi connectivity index (χ4v) is 3.78. The molecule has 0 unspecified atom stereocenters. The van der Waals surface area contributed by atoms with Crippen molar-refractivity contribution in [3.63, 3.8) is 0 Å². The van der Waals surface area contributed by atoms with E-state index in [4.69, 9.17) is 14.2 Å². The van der Waals surface area contributed by atoms with Crippen molar-refractivity contribution in [2.45, 2.75) is 44.9 Å². The van der Waals surface area contributed by atoms with Crippen LogP contribution < -0.4 is 9.47 Å². The Kier molecular flexibility index (Phi) is 8.39. The summed E-state index contributed by atoms with van der Waals surface area (Å²) in [6, 6.07) is 13.1. The molecule has 0 radical (unpaired) electrons. The fourth-order valence-electron chi connectivity index (χ4n) is 3.78. The molecule has 0 fully saturated rings. The topological polar surface area (TPSA) is 27.7 Å². The summed E-state index contributed by atoms with van der Waals surface area (Å²) in [5.41, 5.74) is 1.77. The van der Waals surface area contributed by atoms with Crippen LogP contribution in [0, 0.1) is 0 Å². The number of methoxy groups -OCH3 is 2. The van der Waals surface area contributed by atoms with Gasteiger partial charge < -0.3 is 14.2 Å². The molecule has 2 aromatic carbocycles. The largest absolute Gasteiger partial charge is 0.493 e. The average molecular weight is 447 g/mol. The van der Waals surface area contributed by atoms with Crippen LogP contribution in [-0.4, -0.2) is 27.0 Å². The number of hydrogen-bond donors (Lipinski definition) is 0. The van der Waals surface area contributed by atoms with Crippen molar-refractivity contribution >= 4 is 11.1 Å². The molecule has 1 aliphatic rings. The predicted molar refractivity (Wildman–Crippen MR) is 121 cm³/mol. The number of allylic oxidation sites excluding steroid dienone is 4. The summed E-state index contributed by atoms with van der Waals surface area (Å²) in [6.45, 7) is 1.33. The third-order valence-corrected chi connectivity index (χ3v) is 5.45. The van der Waals surface area contributed by atoms with Crippen LogP contribution in [0.4, 0.5) is 13.2 Å². The minimum Gasteiger partial charge on any atom is -0.493 e. The Labute approximate surface area is 187 Å². The van der Waals surface area contributed by atoms with Gasteiger partial charge >= 0.3 is 6.18 Å². The van der Waals surface area contributed by atoms with Crippen molar-refractivity contribution in [3.05, 3.63) is 71.3 Å². The second-order valence-corrected chi connectivity index (χ2v) is 7.71. The Morgan fingerprint density at radius 3 is 2.16 bits per heavy atom. The van der Waals surface area contributed by atoms with Crippen LogP contribution in [0.15, 0.2) is 54.6 Å². The van der Waals surface area contributed by atoms with Gasteiger partial charge in [-0.1, -0.05) is 49.2 Å². The number of halogens is 3. The minimum atomic E-state index is -4.43. The zero-order valence-corrected chi connectivity index (χ0v) is 18.5. The van der Waals surface area contributed by atoms with Gasteiger partial charge in [-0.25, -0.2) is 0 Å². The first-order chi connectivity index (χ1) is 15.4. The maximum absolute atomic E-state index is 13.6. The van der Waals surface area contributed by atoms with Gasteiger partial charge in [0.2, 0.25) is 0 Å². The molecule has 2 aromatic rings. The van der Waals surface area contributed by atoms with Crippen LogP contribution >= 0.6 is 0 Å². The summed E-state index contributed by atoms with van der Waals surface area (Å²) in [7, 11) is 2.89. The standard InChI is InChI=1S/C26H29F3O3/c1-30-24-16-21-20(15-23(26(27,28)29)22(21)17-25(24)31-2)13-9-4-3-5-10-14-32-18-19-11-7-6-8-12-19/h6-8,11-13,15-17H,3-5,9-10,14,18H2,1-2H3/b20-13+. The molecule has 0 saturated carbocycles. The summed E-state index contributed by atoms with van der Waals surface area (Å²) in [5, 5.41) is 0. The Morgan fingerprint density at radius 2 is 1.50 bits per heavy atom. The van der Waals surface area contributed by atoms with E-state index in [1.165, 1.54) is 26.4 Å². The van der Waals surface area contributed by atoms with Crippen molar-refractivity contribution in [3.8, 4) is 11.5 Å². The molecule has 172 valence electrons. The fraction of sp³-hybridized carbons (Fsp3) is 0.385. The molecule has 0 aliphatic heterocycles. The number of rotatable bonds is 11. The third kappa shape index (κ3) is 6.16. The van der Waals surface area contributed by atoms with Gasteiger partial charge in [-0.15, -0.1) is 0 Å². The first kappa shape index (κ1) is 23.9. The third-order valence-electron chi connectivity index (χ3n) is 5.45. The summed E-state index contributed by atoms with van der Waals surface area (Å²) < 4.78 is 56.8. The molecule has 0 aromatic heterocycles. The van der Waals surface area contributed by atoms with Crippen molar-refractivity contribution in [1.29, 1.82) is 0 Å². The Morgan fingerprint density at radius 1 is 0.844 bits per heavy atom. The second-order valence-electron chi connectivity index (χ2n) is 7.71. The summed E-state index contributed by atoms with van der Waals surface area (Å²) >= 11 is 0. The number of benzene rings is 2. The highest BCUT2D eigenvalue weighted by Crippen LogP contribution is 2.47. The van der Waals surface area contributed by atoms with Crippen molar-refractivity contribution in [2.75, 3.05) is 20.8 Å². The lowest BCUT2D eigenvalue weighted by atomic mass is 10.0. The number of unbranched alkanes of at least 4 members (excludes halogenated alkanes) is 4. The molecule has 0 N–H and O–H groups in total. The molecule has 0 amide bonds. The molecule has 0 bridgehead atoms. The molecule has 3 rings (SSSR count). The number of hydrogen-bond acceptors (Lipinski definition) is 3. The first-order valence-corrected chi connectivity index (χ1v) is 10.8. The Hall–Kier alpha value is -2.73. The van der Waals surface area contributed by atoms with E-state index in [9.17, 15) is 13.2 Å². The monoisotopic (exact) mass is 446 g/mol. The summed E-state index contributed by atoms with van der Waals surface area (Å²) in [6.07, 6.45) is 3.33. The Balaban J connectivity index is 1.50. The van der Waals surface area contributed by atoms with E-state index >= 15 is 0 Å². The molecule has 6 heteroatoms. The molecule has 3 nitrogen and oxygen atoms in total. The molecule has 0 saturated heterocycles. The van der Waals surface area contributed by atoms with Gasteiger partial charge in [-0.05, 0) is 59.7 Å². The lowest BCUT2D eigenvalue weighted by Gasteiger charge is -2.14. The maximum Gasteiger partial charge on any atom is 0.417 e. The lowest BCUT2D eigenvalue weighted by Crippen LogP contribution is -2.09. The van der Waals surface area contributed by atoms with Gasteiger partial charge in [-0.2, -0.15) is 13.2 Å². The normalized spacial score (nSPS) is 14.4. The molecule has 1 aliphatic carbocycles. The molecule has 0 atom stereocenters. The van der Waals surface area contributed by atoms with Crippen molar-refractivity contribution < 1.29 is 27.4 Å². The molecule has 0 spiro atoms. The second kappa shape index (κ2) is 11.2. The average Bonchev–Trinajstić information content (AvgIpc) is 3.15. The van der Waals surface area contributed by atoms with Crippen LogP contribution in [0.25, 0.3) is 11.1 Å². The van der Waals surface area contributed by atoms with Crippen molar-refractivity contribution in [1.82, 2.24) is 0 Å². The van der Waals surface area contributed by atoms with E-state index < -0.39 is 11.7 Å². The number of fused-ring (bicyclic) bond motifs is 1. The Bertz CT molecular complexity index is 947. The number of ether oxygens (including phenoxy) is 3. The van der Waals surface area contributed by atoms with E-state index in [0.717, 1.165) is 37.7 Å². The zero-order valence-electron chi connectivity index (χ0n) is 18.5. The van der Waals surface area contributed by atoms with Gasteiger partial charge in [0.15, 0.2) is 11.5 Å². The first-order valence-electron chi connectivity index (χ1n) is 10.8. The number of alkyl halides is 3. The van der Waals surface area contributed by atoms with E-state index in [2.05, 4.69) is 0 Å². The van der Waals surface area contributed by atoms with E-state index in [1.54, 1.807) is 6.07 Å². The van der Waals surface area contributed by atoms with Gasteiger partial charge in [0.1, 0.15) is 0 Å². The predicted octanol–water partition coefficient (Wildman–Crippen LogP) is 7.21. The van der Waals surface area contributed by atoms with Gasteiger partial charge in [0.05, 0.1) is 26.4 Å². The van der Waals surface area contributed by atoms with Crippen LogP contribution in [-0.2, 0) is 11.3 Å². The highest BCUT2D eigenvalue weighted by Gasteiger charge is 2.39. The van der Waals surface area contributed by atoms with E-state index in [1.807, 2.05) is 36.4 Å². The van der Waals surface area contributed by atoms with Gasteiger partial charge in [-0.3, -0.25) is 0 Å². The smallest absolute Gasteiger partial charge is 0.417 e. The summed E-state index contributed by atoms with van der Waals surface area (Å²) in [4.78, 5) is 0. The van der Waals surface area contributed by atoms with Crippen LogP contribution in [0.3, 0.4) is 0 Å². The van der Waals surface area contributed by atoms with Crippen LogP contribution in [0.2, 0.25) is 0 Å².